The lowest BCUT2D eigenvalue weighted by molar-refractivity contribution is -0.113. The summed E-state index contributed by atoms with van der Waals surface area (Å²) >= 11 is 1.34. The Hall–Kier alpha value is -1.89. The third-order valence-corrected chi connectivity index (χ3v) is 4.12. The maximum atomic E-state index is 13.1. The Bertz CT molecular complexity index is 672. The lowest BCUT2D eigenvalue weighted by Crippen LogP contribution is -2.15. The molecule has 1 amide bonds. The number of hydrogen-bond acceptors (Lipinski definition) is 4. The number of amides is 1. The fourth-order valence-corrected chi connectivity index (χ4v) is 2.93. The Morgan fingerprint density at radius 2 is 2.17 bits per heavy atom. The van der Waals surface area contributed by atoms with Crippen LogP contribution in [0.2, 0.25) is 0 Å². The highest BCUT2D eigenvalue weighted by Gasteiger charge is 2.15. The van der Waals surface area contributed by atoms with Crippen LogP contribution in [0.15, 0.2) is 29.4 Å². The first-order chi connectivity index (χ1) is 11.0. The van der Waals surface area contributed by atoms with Gasteiger partial charge in [0.1, 0.15) is 11.6 Å². The minimum atomic E-state index is -0.375. The zero-order valence-corrected chi connectivity index (χ0v) is 14.4. The van der Waals surface area contributed by atoms with Crippen LogP contribution in [-0.4, -0.2) is 26.4 Å². The summed E-state index contributed by atoms with van der Waals surface area (Å²) in [7, 11) is 0. The molecule has 0 atom stereocenters. The minimum Gasteiger partial charge on any atom is -0.325 e. The monoisotopic (exact) mass is 336 g/mol. The molecule has 0 radical (unpaired) electrons. The molecule has 5 nitrogen and oxygen atoms in total. The molecule has 0 bridgehead atoms. The molecule has 1 heterocycles. The highest BCUT2D eigenvalue weighted by Crippen LogP contribution is 2.22. The van der Waals surface area contributed by atoms with Crippen LogP contribution in [-0.2, 0) is 11.3 Å². The van der Waals surface area contributed by atoms with Crippen LogP contribution in [0.25, 0.3) is 0 Å². The molecule has 23 heavy (non-hydrogen) atoms. The van der Waals surface area contributed by atoms with Gasteiger partial charge in [0.15, 0.2) is 5.16 Å². The summed E-state index contributed by atoms with van der Waals surface area (Å²) in [5.41, 5.74) is 0.452. The van der Waals surface area contributed by atoms with Crippen LogP contribution in [0, 0.1) is 5.82 Å². The van der Waals surface area contributed by atoms with Gasteiger partial charge in [-0.25, -0.2) is 4.39 Å². The van der Waals surface area contributed by atoms with Gasteiger partial charge in [0, 0.05) is 18.2 Å². The topological polar surface area (TPSA) is 59.8 Å². The number of halogens is 1. The van der Waals surface area contributed by atoms with Crippen molar-refractivity contribution >= 4 is 23.4 Å². The smallest absolute Gasteiger partial charge is 0.234 e. The van der Waals surface area contributed by atoms with Crippen molar-refractivity contribution in [2.45, 2.75) is 44.8 Å². The van der Waals surface area contributed by atoms with Gasteiger partial charge < -0.3 is 9.88 Å². The van der Waals surface area contributed by atoms with Gasteiger partial charge in [0.05, 0.1) is 5.75 Å². The van der Waals surface area contributed by atoms with E-state index in [1.54, 1.807) is 12.1 Å². The number of nitrogens with one attached hydrogen (secondary N) is 1. The number of benzene rings is 1. The van der Waals surface area contributed by atoms with Crippen LogP contribution in [0.4, 0.5) is 10.1 Å². The van der Waals surface area contributed by atoms with Crippen LogP contribution in [0.1, 0.15) is 38.9 Å². The molecule has 124 valence electrons. The van der Waals surface area contributed by atoms with Crippen molar-refractivity contribution in [3.05, 3.63) is 35.9 Å². The largest absolute Gasteiger partial charge is 0.325 e. The third kappa shape index (κ3) is 4.79. The molecule has 1 N–H and O–H groups in total. The van der Waals surface area contributed by atoms with Crippen molar-refractivity contribution in [1.29, 1.82) is 0 Å². The summed E-state index contributed by atoms with van der Waals surface area (Å²) in [6, 6.07) is 5.84. The maximum Gasteiger partial charge on any atom is 0.234 e. The summed E-state index contributed by atoms with van der Waals surface area (Å²) in [4.78, 5) is 12.0. The van der Waals surface area contributed by atoms with Crippen molar-refractivity contribution in [3.63, 3.8) is 0 Å². The van der Waals surface area contributed by atoms with Crippen molar-refractivity contribution in [2.75, 3.05) is 11.1 Å². The van der Waals surface area contributed by atoms with Crippen LogP contribution in [0.3, 0.4) is 0 Å². The molecule has 0 aliphatic carbocycles. The number of rotatable bonds is 7. The van der Waals surface area contributed by atoms with Crippen molar-refractivity contribution in [3.8, 4) is 0 Å². The molecule has 0 aliphatic heterocycles. The molecule has 1 aromatic carbocycles. The predicted octanol–water partition coefficient (Wildman–Crippen LogP) is 3.68. The van der Waals surface area contributed by atoms with Crippen molar-refractivity contribution in [2.24, 2.45) is 0 Å². The van der Waals surface area contributed by atoms with Crippen LogP contribution in [0.5, 0.6) is 0 Å². The summed E-state index contributed by atoms with van der Waals surface area (Å²) in [6.45, 7) is 7.06. The van der Waals surface area contributed by atoms with Gasteiger partial charge in [-0.3, -0.25) is 4.79 Å². The van der Waals surface area contributed by atoms with E-state index in [-0.39, 0.29) is 23.4 Å². The molecule has 0 unspecified atom stereocenters. The highest BCUT2D eigenvalue weighted by molar-refractivity contribution is 7.99. The van der Waals surface area contributed by atoms with Crippen LogP contribution >= 0.6 is 11.8 Å². The molecule has 7 heteroatoms. The molecule has 0 spiro atoms. The zero-order valence-electron chi connectivity index (χ0n) is 13.5. The van der Waals surface area contributed by atoms with E-state index in [1.165, 1.54) is 23.9 Å². The first-order valence-corrected chi connectivity index (χ1v) is 8.61. The first-order valence-electron chi connectivity index (χ1n) is 7.62. The Kier molecular flexibility index (Phi) is 6.15. The Labute approximate surface area is 139 Å². The van der Waals surface area contributed by atoms with E-state index in [1.807, 2.05) is 0 Å². The van der Waals surface area contributed by atoms with E-state index in [0.29, 0.717) is 5.69 Å². The van der Waals surface area contributed by atoms with Gasteiger partial charge in [-0.2, -0.15) is 0 Å². The molecule has 0 saturated carbocycles. The van der Waals surface area contributed by atoms with Gasteiger partial charge in [-0.05, 0) is 24.6 Å². The highest BCUT2D eigenvalue weighted by atomic mass is 32.2. The van der Waals surface area contributed by atoms with E-state index >= 15 is 0 Å². The standard InChI is InChI=1S/C16H21FN4OS/c1-4-8-21-15(11(2)3)19-20-16(21)23-10-14(22)18-13-7-5-6-12(17)9-13/h5-7,9,11H,4,8,10H2,1-3H3,(H,18,22). The fourth-order valence-electron chi connectivity index (χ4n) is 2.16. The first kappa shape index (κ1) is 17.5. The van der Waals surface area contributed by atoms with E-state index in [0.717, 1.165) is 23.9 Å². The van der Waals surface area contributed by atoms with E-state index < -0.39 is 0 Å². The number of aromatic nitrogens is 3. The van der Waals surface area contributed by atoms with Gasteiger partial charge in [0.25, 0.3) is 0 Å². The van der Waals surface area contributed by atoms with Crippen LogP contribution < -0.4 is 5.32 Å². The molecule has 1 aromatic heterocycles. The summed E-state index contributed by atoms with van der Waals surface area (Å²) < 4.78 is 15.2. The van der Waals surface area contributed by atoms with Gasteiger partial charge in [-0.1, -0.05) is 38.6 Å². The lowest BCUT2D eigenvalue weighted by Gasteiger charge is -2.10. The van der Waals surface area contributed by atoms with Crippen molar-refractivity contribution in [1.82, 2.24) is 14.8 Å². The second kappa shape index (κ2) is 8.10. The fraction of sp³-hybridized carbons (Fsp3) is 0.438. The SMILES string of the molecule is CCCn1c(SCC(=O)Nc2cccc(F)c2)nnc1C(C)C. The average molecular weight is 336 g/mol. The molecule has 0 fully saturated rings. The van der Waals surface area contributed by atoms with Gasteiger partial charge >= 0.3 is 0 Å². The predicted molar refractivity (Wildman–Crippen MR) is 90.2 cm³/mol. The van der Waals surface area contributed by atoms with E-state index in [4.69, 9.17) is 0 Å². The molecular formula is C16H21FN4OS. The van der Waals surface area contributed by atoms with Gasteiger partial charge in [-0.15, -0.1) is 10.2 Å². The molecule has 0 saturated heterocycles. The Balaban J connectivity index is 1.98. The second-order valence-corrected chi connectivity index (χ2v) is 6.44. The number of hydrogen-bond donors (Lipinski definition) is 1. The lowest BCUT2D eigenvalue weighted by atomic mass is 10.2. The second-order valence-electron chi connectivity index (χ2n) is 5.49. The van der Waals surface area contributed by atoms with E-state index in [9.17, 15) is 9.18 Å². The van der Waals surface area contributed by atoms with Crippen molar-refractivity contribution < 1.29 is 9.18 Å². The van der Waals surface area contributed by atoms with Gasteiger partial charge in [0.2, 0.25) is 5.91 Å². The normalized spacial score (nSPS) is 11.0. The zero-order chi connectivity index (χ0) is 16.8. The Morgan fingerprint density at radius 1 is 1.39 bits per heavy atom. The molecular weight excluding hydrogens is 315 g/mol. The van der Waals surface area contributed by atoms with E-state index in [2.05, 4.69) is 40.9 Å². The summed E-state index contributed by atoms with van der Waals surface area (Å²) in [5.74, 6) is 0.845. The quantitative estimate of drug-likeness (QED) is 0.784. The Morgan fingerprint density at radius 3 is 2.83 bits per heavy atom. The maximum absolute atomic E-state index is 13.1. The summed E-state index contributed by atoms with van der Waals surface area (Å²) in [5, 5.41) is 11.8. The average Bonchev–Trinajstić information content (AvgIpc) is 2.89. The molecule has 2 aromatic rings. The number of carbonyl (C=O) groups is 1. The molecule has 2 rings (SSSR count). The summed E-state index contributed by atoms with van der Waals surface area (Å²) in [6.07, 6.45) is 0.973. The number of nitrogens with zero attached hydrogens (tertiary/aromatic N) is 3. The number of anilines is 1. The molecule has 0 aliphatic rings. The number of thioether (sulfide) groups is 1. The number of carbonyl (C=O) groups excluding carboxylic acids is 1. The minimum absolute atomic E-state index is 0.197. The third-order valence-electron chi connectivity index (χ3n) is 3.15.